The van der Waals surface area contributed by atoms with Crippen molar-refractivity contribution in [2.24, 2.45) is 0 Å². The summed E-state index contributed by atoms with van der Waals surface area (Å²) < 4.78 is 0. The molecule has 2 aromatic carbocycles. The van der Waals surface area contributed by atoms with Crippen LogP contribution in [0, 0.1) is 0 Å². The molecule has 0 heterocycles. The van der Waals surface area contributed by atoms with Crippen molar-refractivity contribution in [3.63, 3.8) is 0 Å². The molecule has 0 aliphatic carbocycles. The molecule has 2 aromatic rings. The average molecular weight is 303 g/mol. The van der Waals surface area contributed by atoms with Crippen LogP contribution >= 0.6 is 11.6 Å². The number of nitrogen functional groups attached to an aromatic ring is 1. The Morgan fingerprint density at radius 1 is 1.19 bits per heavy atom. The second kappa shape index (κ2) is 7.14. The lowest BCUT2D eigenvalue weighted by Gasteiger charge is -2.21. The van der Waals surface area contributed by atoms with Crippen molar-refractivity contribution < 1.29 is 4.79 Å². The molecule has 1 amide bonds. The highest BCUT2D eigenvalue weighted by molar-refractivity contribution is 6.31. The third-order valence-electron chi connectivity index (χ3n) is 3.36. The molecular formula is C17H19ClN2O. The van der Waals surface area contributed by atoms with Crippen LogP contribution in [0.3, 0.4) is 0 Å². The number of nitrogens with zero attached hydrogens (tertiary/aromatic N) is 1. The SMILES string of the molecule is CCN(Cc1ccccc1Cl)C(=O)Cc1cccc(N)c1. The standard InChI is InChI=1S/C17H19ClN2O/c1-2-20(12-14-7-3-4-9-16(14)18)17(21)11-13-6-5-8-15(19)10-13/h3-10H,2,11-12,19H2,1H3. The summed E-state index contributed by atoms with van der Waals surface area (Å²) in [4.78, 5) is 14.2. The van der Waals surface area contributed by atoms with Gasteiger partial charge in [0.2, 0.25) is 5.91 Å². The number of nitrogens with two attached hydrogens (primary N) is 1. The van der Waals surface area contributed by atoms with Crippen molar-refractivity contribution in [1.29, 1.82) is 0 Å². The Balaban J connectivity index is 2.07. The van der Waals surface area contributed by atoms with Gasteiger partial charge in [0, 0.05) is 23.8 Å². The van der Waals surface area contributed by atoms with Crippen LogP contribution in [-0.4, -0.2) is 17.4 Å². The summed E-state index contributed by atoms with van der Waals surface area (Å²) in [5, 5.41) is 0.688. The van der Waals surface area contributed by atoms with Crippen LogP contribution in [0.5, 0.6) is 0 Å². The summed E-state index contributed by atoms with van der Waals surface area (Å²) in [6.45, 7) is 3.14. The van der Waals surface area contributed by atoms with E-state index in [1.807, 2.05) is 55.5 Å². The lowest BCUT2D eigenvalue weighted by molar-refractivity contribution is -0.130. The van der Waals surface area contributed by atoms with Gasteiger partial charge < -0.3 is 10.6 Å². The van der Waals surface area contributed by atoms with E-state index < -0.39 is 0 Å². The van der Waals surface area contributed by atoms with E-state index >= 15 is 0 Å². The summed E-state index contributed by atoms with van der Waals surface area (Å²) in [6.07, 6.45) is 0.351. The summed E-state index contributed by atoms with van der Waals surface area (Å²) in [7, 11) is 0. The first-order valence-electron chi connectivity index (χ1n) is 6.95. The van der Waals surface area contributed by atoms with Crippen LogP contribution in [0.25, 0.3) is 0 Å². The highest BCUT2D eigenvalue weighted by Crippen LogP contribution is 2.18. The number of carbonyl (C=O) groups is 1. The average Bonchev–Trinajstić information content (AvgIpc) is 2.46. The van der Waals surface area contributed by atoms with Gasteiger partial charge in [-0.15, -0.1) is 0 Å². The molecule has 0 aliphatic rings. The first-order valence-corrected chi connectivity index (χ1v) is 7.33. The number of carbonyl (C=O) groups excluding carboxylic acids is 1. The highest BCUT2D eigenvalue weighted by Gasteiger charge is 2.14. The van der Waals surface area contributed by atoms with E-state index in [2.05, 4.69) is 0 Å². The molecule has 0 saturated carbocycles. The minimum absolute atomic E-state index is 0.0722. The molecule has 3 nitrogen and oxygen atoms in total. The van der Waals surface area contributed by atoms with Gasteiger partial charge in [-0.05, 0) is 36.2 Å². The van der Waals surface area contributed by atoms with Crippen LogP contribution in [0.1, 0.15) is 18.1 Å². The molecule has 21 heavy (non-hydrogen) atoms. The van der Waals surface area contributed by atoms with Gasteiger partial charge >= 0.3 is 0 Å². The highest BCUT2D eigenvalue weighted by atomic mass is 35.5. The Morgan fingerprint density at radius 3 is 2.62 bits per heavy atom. The molecule has 0 aliphatic heterocycles. The van der Waals surface area contributed by atoms with Crippen LogP contribution in [-0.2, 0) is 17.8 Å². The van der Waals surface area contributed by atoms with Gasteiger partial charge in [0.25, 0.3) is 0 Å². The Labute approximate surface area is 130 Å². The third-order valence-corrected chi connectivity index (χ3v) is 3.73. The van der Waals surface area contributed by atoms with Gasteiger partial charge in [-0.1, -0.05) is 41.9 Å². The second-order valence-corrected chi connectivity index (χ2v) is 5.33. The molecule has 0 radical (unpaired) electrons. The number of rotatable bonds is 5. The molecule has 0 fully saturated rings. The van der Waals surface area contributed by atoms with Crippen LogP contribution in [0.2, 0.25) is 5.02 Å². The maximum atomic E-state index is 12.4. The number of likely N-dealkylation sites (N-methyl/N-ethyl adjacent to an activating group) is 1. The minimum Gasteiger partial charge on any atom is -0.399 e. The van der Waals surface area contributed by atoms with Crippen molar-refractivity contribution in [2.45, 2.75) is 19.9 Å². The summed E-state index contributed by atoms with van der Waals surface area (Å²) in [5.41, 5.74) is 8.31. The van der Waals surface area contributed by atoms with Crippen molar-refractivity contribution in [3.8, 4) is 0 Å². The van der Waals surface area contributed by atoms with Crippen LogP contribution in [0.4, 0.5) is 5.69 Å². The zero-order chi connectivity index (χ0) is 15.2. The summed E-state index contributed by atoms with van der Waals surface area (Å²) in [5.74, 6) is 0.0722. The van der Waals surface area contributed by atoms with Crippen molar-refractivity contribution in [3.05, 3.63) is 64.7 Å². The van der Waals surface area contributed by atoms with E-state index in [1.165, 1.54) is 0 Å². The van der Waals surface area contributed by atoms with Gasteiger partial charge in [0.1, 0.15) is 0 Å². The van der Waals surface area contributed by atoms with E-state index in [0.717, 1.165) is 11.1 Å². The zero-order valence-electron chi connectivity index (χ0n) is 12.1. The molecule has 0 saturated heterocycles. The molecule has 0 bridgehead atoms. The molecular weight excluding hydrogens is 284 g/mol. The Hall–Kier alpha value is -2.00. The monoisotopic (exact) mass is 302 g/mol. The molecule has 110 valence electrons. The molecule has 0 unspecified atom stereocenters. The van der Waals surface area contributed by atoms with Crippen molar-refractivity contribution in [1.82, 2.24) is 4.90 Å². The molecule has 4 heteroatoms. The largest absolute Gasteiger partial charge is 0.399 e. The molecule has 0 aromatic heterocycles. The number of hydrogen-bond donors (Lipinski definition) is 1. The quantitative estimate of drug-likeness (QED) is 0.859. The normalized spacial score (nSPS) is 10.4. The number of amides is 1. The maximum absolute atomic E-state index is 12.4. The van der Waals surface area contributed by atoms with Crippen molar-refractivity contribution >= 4 is 23.2 Å². The van der Waals surface area contributed by atoms with E-state index in [-0.39, 0.29) is 5.91 Å². The second-order valence-electron chi connectivity index (χ2n) is 4.92. The van der Waals surface area contributed by atoms with Crippen LogP contribution < -0.4 is 5.73 Å². The van der Waals surface area contributed by atoms with Gasteiger partial charge in [0.15, 0.2) is 0 Å². The summed E-state index contributed by atoms with van der Waals surface area (Å²) >= 11 is 6.16. The van der Waals surface area contributed by atoms with Gasteiger partial charge in [0.05, 0.1) is 6.42 Å². The maximum Gasteiger partial charge on any atom is 0.227 e. The number of benzene rings is 2. The fraction of sp³-hybridized carbons (Fsp3) is 0.235. The summed E-state index contributed by atoms with van der Waals surface area (Å²) in [6, 6.07) is 15.0. The van der Waals surface area contributed by atoms with Crippen LogP contribution in [0.15, 0.2) is 48.5 Å². The lowest BCUT2D eigenvalue weighted by Crippen LogP contribution is -2.31. The van der Waals surface area contributed by atoms with E-state index in [9.17, 15) is 4.79 Å². The lowest BCUT2D eigenvalue weighted by atomic mass is 10.1. The Kier molecular flexibility index (Phi) is 5.23. The fourth-order valence-electron chi connectivity index (χ4n) is 2.20. The Bertz CT molecular complexity index is 628. The van der Waals surface area contributed by atoms with E-state index in [1.54, 1.807) is 4.90 Å². The topological polar surface area (TPSA) is 46.3 Å². The van der Waals surface area contributed by atoms with E-state index in [4.69, 9.17) is 17.3 Å². The molecule has 0 spiro atoms. The Morgan fingerprint density at radius 2 is 1.95 bits per heavy atom. The fourth-order valence-corrected chi connectivity index (χ4v) is 2.39. The van der Waals surface area contributed by atoms with Gasteiger partial charge in [-0.25, -0.2) is 0 Å². The third kappa shape index (κ3) is 4.23. The van der Waals surface area contributed by atoms with Gasteiger partial charge in [-0.2, -0.15) is 0 Å². The smallest absolute Gasteiger partial charge is 0.227 e. The number of halogens is 1. The first kappa shape index (κ1) is 15.4. The zero-order valence-corrected chi connectivity index (χ0v) is 12.8. The van der Waals surface area contributed by atoms with Gasteiger partial charge in [-0.3, -0.25) is 4.79 Å². The van der Waals surface area contributed by atoms with Crippen molar-refractivity contribution in [2.75, 3.05) is 12.3 Å². The predicted molar refractivity (Wildman–Crippen MR) is 87.1 cm³/mol. The minimum atomic E-state index is 0.0722. The molecule has 0 atom stereocenters. The molecule has 2 N–H and O–H groups in total. The predicted octanol–water partition coefficient (Wildman–Crippen LogP) is 3.51. The molecule has 2 rings (SSSR count). The number of anilines is 1. The first-order chi connectivity index (χ1) is 10.1. The van der Waals surface area contributed by atoms with E-state index in [0.29, 0.717) is 30.2 Å². The number of hydrogen-bond acceptors (Lipinski definition) is 2.